The summed E-state index contributed by atoms with van der Waals surface area (Å²) in [7, 11) is 0. The lowest BCUT2D eigenvalue weighted by Crippen LogP contribution is -1.63. The Balaban J connectivity index is 0.000000124. The fourth-order valence-electron chi connectivity index (χ4n) is 1.19. The molecule has 0 spiro atoms. The van der Waals surface area contributed by atoms with Crippen molar-refractivity contribution in [1.29, 1.82) is 0 Å². The van der Waals surface area contributed by atoms with Gasteiger partial charge in [0, 0.05) is 12.4 Å². The molecule has 3 nitrogen and oxygen atoms in total. The van der Waals surface area contributed by atoms with E-state index in [9.17, 15) is 0 Å². The topological polar surface area (TPSA) is 41.6 Å². The van der Waals surface area contributed by atoms with Crippen molar-refractivity contribution in [3.63, 3.8) is 0 Å². The van der Waals surface area contributed by atoms with E-state index in [0.29, 0.717) is 0 Å². The van der Waals surface area contributed by atoms with E-state index in [-0.39, 0.29) is 0 Å². The molecule has 0 fully saturated rings. The highest BCUT2D eigenvalue weighted by atomic mass is 14.9. The average Bonchev–Trinajstić information content (AvgIpc) is 2.80. The van der Waals surface area contributed by atoms with Gasteiger partial charge >= 0.3 is 0 Å². The molecule has 0 saturated heterocycles. The number of hydrogen-bond donors (Lipinski definition) is 1. The van der Waals surface area contributed by atoms with Crippen LogP contribution in [-0.4, -0.2) is 15.0 Å². The van der Waals surface area contributed by atoms with Crippen LogP contribution < -0.4 is 0 Å². The van der Waals surface area contributed by atoms with Crippen LogP contribution in [0.2, 0.25) is 0 Å². The molecule has 0 aliphatic carbocycles. The number of aromatic nitrogens is 3. The van der Waals surface area contributed by atoms with Gasteiger partial charge in [0.15, 0.2) is 0 Å². The maximum absolute atomic E-state index is 4.06. The van der Waals surface area contributed by atoms with Crippen LogP contribution in [0, 0.1) is 0 Å². The molecule has 3 heteroatoms. The molecular formula is C12H11N3. The van der Waals surface area contributed by atoms with Gasteiger partial charge in [-0.2, -0.15) is 0 Å². The molecule has 3 aromatic rings. The van der Waals surface area contributed by atoms with E-state index in [0.717, 1.165) is 11.0 Å². The third-order valence-electron chi connectivity index (χ3n) is 1.89. The Morgan fingerprint density at radius 1 is 0.867 bits per heavy atom. The van der Waals surface area contributed by atoms with Crippen LogP contribution in [0.4, 0.5) is 0 Å². The third kappa shape index (κ3) is 2.64. The van der Waals surface area contributed by atoms with E-state index < -0.39 is 0 Å². The predicted octanol–water partition coefficient (Wildman–Crippen LogP) is 2.64. The second-order valence-corrected chi connectivity index (χ2v) is 2.94. The number of nitrogens with one attached hydrogen (secondary N) is 1. The lowest BCUT2D eigenvalue weighted by atomic mass is 10.3. The van der Waals surface area contributed by atoms with Gasteiger partial charge in [-0.3, -0.25) is 4.98 Å². The maximum atomic E-state index is 4.06. The molecule has 0 radical (unpaired) electrons. The number of H-pyrrole nitrogens is 1. The Kier molecular flexibility index (Phi) is 3.07. The highest BCUT2D eigenvalue weighted by Crippen LogP contribution is 2.05. The maximum Gasteiger partial charge on any atom is 0.0931 e. The minimum Gasteiger partial charge on any atom is -0.345 e. The van der Waals surface area contributed by atoms with Crippen LogP contribution in [0.25, 0.3) is 11.0 Å². The molecule has 3 rings (SSSR count). The van der Waals surface area contributed by atoms with E-state index in [1.807, 2.05) is 42.5 Å². The molecule has 0 bridgehead atoms. The van der Waals surface area contributed by atoms with Crippen molar-refractivity contribution in [2.24, 2.45) is 0 Å². The molecule has 0 amide bonds. The molecule has 0 atom stereocenters. The van der Waals surface area contributed by atoms with Crippen LogP contribution in [-0.2, 0) is 0 Å². The van der Waals surface area contributed by atoms with Crippen molar-refractivity contribution < 1.29 is 0 Å². The van der Waals surface area contributed by atoms with E-state index in [1.54, 1.807) is 18.7 Å². The molecular weight excluding hydrogens is 186 g/mol. The summed E-state index contributed by atoms with van der Waals surface area (Å²) in [6, 6.07) is 13.7. The largest absolute Gasteiger partial charge is 0.345 e. The Morgan fingerprint density at radius 3 is 2.27 bits per heavy atom. The summed E-state index contributed by atoms with van der Waals surface area (Å²) >= 11 is 0. The van der Waals surface area contributed by atoms with Gasteiger partial charge in [-0.1, -0.05) is 18.2 Å². The van der Waals surface area contributed by atoms with Gasteiger partial charge in [0.05, 0.1) is 17.4 Å². The van der Waals surface area contributed by atoms with E-state index in [2.05, 4.69) is 15.0 Å². The number of rotatable bonds is 0. The SMILES string of the molecule is c1ccc2[nH]cnc2c1.c1ccncc1. The van der Waals surface area contributed by atoms with Crippen molar-refractivity contribution in [2.45, 2.75) is 0 Å². The molecule has 74 valence electrons. The van der Waals surface area contributed by atoms with Gasteiger partial charge < -0.3 is 4.98 Å². The van der Waals surface area contributed by atoms with E-state index in [1.165, 1.54) is 0 Å². The lowest BCUT2D eigenvalue weighted by Gasteiger charge is -1.81. The van der Waals surface area contributed by atoms with E-state index in [4.69, 9.17) is 0 Å². The molecule has 0 aliphatic rings. The number of imidazole rings is 1. The second kappa shape index (κ2) is 4.91. The first-order valence-corrected chi connectivity index (χ1v) is 4.70. The summed E-state index contributed by atoms with van der Waals surface area (Å²) in [4.78, 5) is 10.9. The Bertz CT molecular complexity index is 445. The van der Waals surface area contributed by atoms with Crippen LogP contribution >= 0.6 is 0 Å². The molecule has 0 saturated carbocycles. The van der Waals surface area contributed by atoms with Gasteiger partial charge in [-0.15, -0.1) is 0 Å². The number of fused-ring (bicyclic) bond motifs is 1. The smallest absolute Gasteiger partial charge is 0.0931 e. The normalized spacial score (nSPS) is 9.33. The highest BCUT2D eigenvalue weighted by Gasteiger charge is 1.88. The number of aromatic amines is 1. The number of hydrogen-bond acceptors (Lipinski definition) is 2. The van der Waals surface area contributed by atoms with Crippen molar-refractivity contribution in [3.8, 4) is 0 Å². The zero-order valence-electron chi connectivity index (χ0n) is 8.17. The lowest BCUT2D eigenvalue weighted by molar-refractivity contribution is 1.33. The van der Waals surface area contributed by atoms with Crippen LogP contribution in [0.5, 0.6) is 0 Å². The third-order valence-corrected chi connectivity index (χ3v) is 1.89. The van der Waals surface area contributed by atoms with Gasteiger partial charge in [-0.05, 0) is 24.3 Å². The molecule has 2 heterocycles. The molecule has 0 aliphatic heterocycles. The summed E-state index contributed by atoms with van der Waals surface area (Å²) in [6.45, 7) is 0. The van der Waals surface area contributed by atoms with Crippen LogP contribution in [0.1, 0.15) is 0 Å². The van der Waals surface area contributed by atoms with Crippen molar-refractivity contribution in [1.82, 2.24) is 15.0 Å². The number of benzene rings is 1. The zero-order chi connectivity index (χ0) is 10.3. The monoisotopic (exact) mass is 197 g/mol. The molecule has 0 unspecified atom stereocenters. The van der Waals surface area contributed by atoms with Crippen LogP contribution in [0.3, 0.4) is 0 Å². The highest BCUT2D eigenvalue weighted by molar-refractivity contribution is 5.73. The Labute approximate surface area is 87.8 Å². The summed E-state index contributed by atoms with van der Waals surface area (Å²) in [5.74, 6) is 0. The van der Waals surface area contributed by atoms with Crippen LogP contribution in [0.15, 0.2) is 61.2 Å². The van der Waals surface area contributed by atoms with Gasteiger partial charge in [0.1, 0.15) is 0 Å². The molecule has 2 aromatic heterocycles. The van der Waals surface area contributed by atoms with Gasteiger partial charge in [-0.25, -0.2) is 4.98 Å². The zero-order valence-corrected chi connectivity index (χ0v) is 8.17. The van der Waals surface area contributed by atoms with Crippen molar-refractivity contribution >= 4 is 11.0 Å². The summed E-state index contributed by atoms with van der Waals surface area (Å²) in [6.07, 6.45) is 5.20. The second-order valence-electron chi connectivity index (χ2n) is 2.94. The Hall–Kier alpha value is -2.16. The van der Waals surface area contributed by atoms with E-state index >= 15 is 0 Å². The van der Waals surface area contributed by atoms with Gasteiger partial charge in [0.25, 0.3) is 0 Å². The number of para-hydroxylation sites is 2. The first kappa shape index (κ1) is 9.40. The fraction of sp³-hybridized carbons (Fsp3) is 0. The Morgan fingerprint density at radius 2 is 1.67 bits per heavy atom. The minimum atomic E-state index is 1.03. The molecule has 15 heavy (non-hydrogen) atoms. The quantitative estimate of drug-likeness (QED) is 0.602. The van der Waals surface area contributed by atoms with Crippen molar-refractivity contribution in [2.75, 3.05) is 0 Å². The minimum absolute atomic E-state index is 1.03. The first-order valence-electron chi connectivity index (χ1n) is 4.70. The predicted molar refractivity (Wildman–Crippen MR) is 60.3 cm³/mol. The van der Waals surface area contributed by atoms with Gasteiger partial charge in [0.2, 0.25) is 0 Å². The number of nitrogens with zero attached hydrogens (tertiary/aromatic N) is 2. The summed E-state index contributed by atoms with van der Waals surface area (Å²) in [5, 5.41) is 0. The summed E-state index contributed by atoms with van der Waals surface area (Å²) < 4.78 is 0. The molecule has 1 N–H and O–H groups in total. The average molecular weight is 197 g/mol. The standard InChI is InChI=1S/C7H6N2.C5H5N/c1-2-4-7-6(3-1)8-5-9-7;1-2-4-6-5-3-1/h1-5H,(H,8,9);1-5H. The first-order chi connectivity index (χ1) is 7.47. The summed E-state index contributed by atoms with van der Waals surface area (Å²) in [5.41, 5.74) is 2.12. The van der Waals surface area contributed by atoms with Crippen molar-refractivity contribution in [3.05, 3.63) is 61.2 Å². The number of pyridine rings is 1. The molecule has 1 aromatic carbocycles. The fourth-order valence-corrected chi connectivity index (χ4v) is 1.19.